The number of Topliss-reactive ketones (excluding diaryl/α,β-unsaturated/α-hetero) is 1. The lowest BCUT2D eigenvalue weighted by Crippen LogP contribution is -2.23. The molecule has 0 aromatic carbocycles. The summed E-state index contributed by atoms with van der Waals surface area (Å²) in [5.41, 5.74) is 0. The molecule has 0 aromatic rings. The van der Waals surface area contributed by atoms with Crippen molar-refractivity contribution in [2.75, 3.05) is 0 Å². The fourth-order valence-electron chi connectivity index (χ4n) is 1.40. The van der Waals surface area contributed by atoms with Crippen LogP contribution in [0, 0.1) is 17.8 Å². The van der Waals surface area contributed by atoms with Crippen molar-refractivity contribution in [3.05, 3.63) is 0 Å². The van der Waals surface area contributed by atoms with Crippen LogP contribution >= 0.6 is 0 Å². The smallest absolute Gasteiger partial charge is 0.307 e. The Labute approximate surface area is 78.1 Å². The van der Waals surface area contributed by atoms with Crippen LogP contribution < -0.4 is 0 Å². The van der Waals surface area contributed by atoms with Crippen molar-refractivity contribution in [1.82, 2.24) is 0 Å². The van der Waals surface area contributed by atoms with Crippen LogP contribution in [0.1, 0.15) is 33.1 Å². The van der Waals surface area contributed by atoms with Gasteiger partial charge in [0.1, 0.15) is 5.78 Å². The average Bonchev–Trinajstić information content (AvgIpc) is 2.80. The van der Waals surface area contributed by atoms with Gasteiger partial charge in [0.05, 0.1) is 5.92 Å². The first-order valence-electron chi connectivity index (χ1n) is 4.78. The number of rotatable bonds is 5. The minimum Gasteiger partial charge on any atom is -0.481 e. The SMILES string of the molecule is CC(C)C(CC(=O)C1CC1)C(=O)O. The molecule has 1 unspecified atom stereocenters. The summed E-state index contributed by atoms with van der Waals surface area (Å²) in [4.78, 5) is 22.1. The highest BCUT2D eigenvalue weighted by Gasteiger charge is 2.33. The molecule has 0 amide bonds. The normalized spacial score (nSPS) is 18.7. The summed E-state index contributed by atoms with van der Waals surface area (Å²) in [6, 6.07) is 0. The number of carboxylic acids is 1. The zero-order chi connectivity index (χ0) is 10.0. The van der Waals surface area contributed by atoms with Gasteiger partial charge in [-0.25, -0.2) is 0 Å². The topological polar surface area (TPSA) is 54.4 Å². The molecule has 3 nitrogen and oxygen atoms in total. The molecule has 3 heteroatoms. The Morgan fingerprint density at radius 2 is 1.92 bits per heavy atom. The summed E-state index contributed by atoms with van der Waals surface area (Å²) in [5.74, 6) is -0.973. The van der Waals surface area contributed by atoms with Gasteiger partial charge in [0.2, 0.25) is 0 Å². The quantitative estimate of drug-likeness (QED) is 0.707. The van der Waals surface area contributed by atoms with E-state index in [0.717, 1.165) is 12.8 Å². The first-order chi connectivity index (χ1) is 6.02. The number of carboxylic acid groups (broad SMARTS) is 1. The van der Waals surface area contributed by atoms with Crippen LogP contribution in [0.5, 0.6) is 0 Å². The molecule has 1 fully saturated rings. The van der Waals surface area contributed by atoms with Gasteiger partial charge in [-0.3, -0.25) is 9.59 Å². The van der Waals surface area contributed by atoms with E-state index in [9.17, 15) is 9.59 Å². The van der Waals surface area contributed by atoms with Crippen LogP contribution in [-0.2, 0) is 9.59 Å². The molecule has 0 radical (unpaired) electrons. The maximum Gasteiger partial charge on any atom is 0.307 e. The largest absolute Gasteiger partial charge is 0.481 e. The van der Waals surface area contributed by atoms with Gasteiger partial charge in [0, 0.05) is 12.3 Å². The average molecular weight is 184 g/mol. The number of hydrogen-bond donors (Lipinski definition) is 1. The lowest BCUT2D eigenvalue weighted by molar-refractivity contribution is -0.145. The number of ketones is 1. The molecule has 1 atom stereocenters. The molecule has 1 aliphatic rings. The second kappa shape index (κ2) is 3.90. The predicted molar refractivity (Wildman–Crippen MR) is 48.3 cm³/mol. The monoisotopic (exact) mass is 184 g/mol. The lowest BCUT2D eigenvalue weighted by Gasteiger charge is -2.14. The molecule has 0 aliphatic heterocycles. The van der Waals surface area contributed by atoms with E-state index in [4.69, 9.17) is 5.11 Å². The van der Waals surface area contributed by atoms with Crippen LogP contribution in [0.4, 0.5) is 0 Å². The van der Waals surface area contributed by atoms with Gasteiger partial charge in [-0.05, 0) is 18.8 Å². The van der Waals surface area contributed by atoms with E-state index in [1.807, 2.05) is 13.8 Å². The van der Waals surface area contributed by atoms with Gasteiger partial charge in [-0.1, -0.05) is 13.8 Å². The van der Waals surface area contributed by atoms with E-state index in [-0.39, 0.29) is 24.0 Å². The Bertz CT molecular complexity index is 216. The van der Waals surface area contributed by atoms with Crippen molar-refractivity contribution < 1.29 is 14.7 Å². The van der Waals surface area contributed by atoms with Gasteiger partial charge < -0.3 is 5.11 Å². The van der Waals surface area contributed by atoms with Crippen molar-refractivity contribution in [2.45, 2.75) is 33.1 Å². The molecule has 1 aliphatic carbocycles. The van der Waals surface area contributed by atoms with Crippen molar-refractivity contribution in [3.8, 4) is 0 Å². The summed E-state index contributed by atoms with van der Waals surface area (Å²) in [5, 5.41) is 8.84. The van der Waals surface area contributed by atoms with Crippen molar-refractivity contribution >= 4 is 11.8 Å². The Hall–Kier alpha value is -0.860. The summed E-state index contributed by atoms with van der Waals surface area (Å²) >= 11 is 0. The van der Waals surface area contributed by atoms with E-state index in [0.29, 0.717) is 0 Å². The number of aliphatic carboxylic acids is 1. The molecule has 0 aromatic heterocycles. The van der Waals surface area contributed by atoms with E-state index >= 15 is 0 Å². The minimum absolute atomic E-state index is 0.0419. The van der Waals surface area contributed by atoms with E-state index in [1.54, 1.807) is 0 Å². The second-order valence-corrected chi connectivity index (χ2v) is 4.13. The molecule has 1 rings (SSSR count). The summed E-state index contributed by atoms with van der Waals surface area (Å²) in [7, 11) is 0. The Balaban J connectivity index is 2.46. The van der Waals surface area contributed by atoms with E-state index in [2.05, 4.69) is 0 Å². The number of carbonyl (C=O) groups is 2. The van der Waals surface area contributed by atoms with Crippen molar-refractivity contribution in [2.24, 2.45) is 17.8 Å². The highest BCUT2D eigenvalue weighted by Crippen LogP contribution is 2.33. The molecular weight excluding hydrogens is 168 g/mol. The Morgan fingerprint density at radius 3 is 2.23 bits per heavy atom. The lowest BCUT2D eigenvalue weighted by atomic mass is 9.90. The maximum absolute atomic E-state index is 11.4. The zero-order valence-electron chi connectivity index (χ0n) is 8.12. The van der Waals surface area contributed by atoms with E-state index < -0.39 is 11.9 Å². The van der Waals surface area contributed by atoms with Crippen LogP contribution in [-0.4, -0.2) is 16.9 Å². The van der Waals surface area contributed by atoms with Gasteiger partial charge in [0.15, 0.2) is 0 Å². The molecular formula is C10H16O3. The Morgan fingerprint density at radius 1 is 1.38 bits per heavy atom. The highest BCUT2D eigenvalue weighted by atomic mass is 16.4. The molecule has 0 bridgehead atoms. The molecule has 0 heterocycles. The third kappa shape index (κ3) is 2.83. The zero-order valence-corrected chi connectivity index (χ0v) is 8.12. The highest BCUT2D eigenvalue weighted by molar-refractivity contribution is 5.87. The van der Waals surface area contributed by atoms with Crippen LogP contribution in [0.3, 0.4) is 0 Å². The predicted octanol–water partition coefficient (Wildman–Crippen LogP) is 1.71. The minimum atomic E-state index is -0.844. The summed E-state index contributed by atoms with van der Waals surface area (Å²) in [6.45, 7) is 3.69. The third-order valence-corrected chi connectivity index (χ3v) is 2.58. The molecule has 74 valence electrons. The maximum atomic E-state index is 11.4. The van der Waals surface area contributed by atoms with Gasteiger partial charge in [-0.15, -0.1) is 0 Å². The van der Waals surface area contributed by atoms with Crippen molar-refractivity contribution in [1.29, 1.82) is 0 Å². The molecule has 1 N–H and O–H groups in total. The standard InChI is InChI=1S/C10H16O3/c1-6(2)8(10(12)13)5-9(11)7-3-4-7/h6-8H,3-5H2,1-2H3,(H,12,13). The van der Waals surface area contributed by atoms with E-state index in [1.165, 1.54) is 0 Å². The fraction of sp³-hybridized carbons (Fsp3) is 0.800. The third-order valence-electron chi connectivity index (χ3n) is 2.58. The Kier molecular flexibility index (Phi) is 3.07. The number of hydrogen-bond acceptors (Lipinski definition) is 2. The molecule has 0 spiro atoms. The first-order valence-corrected chi connectivity index (χ1v) is 4.78. The van der Waals surface area contributed by atoms with Crippen LogP contribution in [0.25, 0.3) is 0 Å². The molecule has 1 saturated carbocycles. The number of carbonyl (C=O) groups excluding carboxylic acids is 1. The van der Waals surface area contributed by atoms with Gasteiger partial charge in [0.25, 0.3) is 0 Å². The van der Waals surface area contributed by atoms with Crippen molar-refractivity contribution in [3.63, 3.8) is 0 Å². The summed E-state index contributed by atoms with van der Waals surface area (Å²) < 4.78 is 0. The second-order valence-electron chi connectivity index (χ2n) is 4.13. The molecule has 13 heavy (non-hydrogen) atoms. The fourth-order valence-corrected chi connectivity index (χ4v) is 1.40. The van der Waals surface area contributed by atoms with Crippen LogP contribution in [0.15, 0.2) is 0 Å². The van der Waals surface area contributed by atoms with Crippen LogP contribution in [0.2, 0.25) is 0 Å². The summed E-state index contributed by atoms with van der Waals surface area (Å²) in [6.07, 6.45) is 2.14. The molecule has 0 saturated heterocycles. The first kappa shape index (κ1) is 10.2. The van der Waals surface area contributed by atoms with Gasteiger partial charge >= 0.3 is 5.97 Å². The van der Waals surface area contributed by atoms with Gasteiger partial charge in [-0.2, -0.15) is 0 Å².